The predicted molar refractivity (Wildman–Crippen MR) is 77.0 cm³/mol. The Morgan fingerprint density at radius 2 is 1.53 bits per heavy atom. The van der Waals surface area contributed by atoms with Crippen LogP contribution >= 0.6 is 0 Å². The molecule has 0 aromatic rings. The molecule has 1 spiro atoms. The molecule has 0 bridgehead atoms. The first-order valence-electron chi connectivity index (χ1n) is 7.74. The highest BCUT2D eigenvalue weighted by Crippen LogP contribution is 2.44. The van der Waals surface area contributed by atoms with E-state index in [-0.39, 0.29) is 0 Å². The molecular formula is C14H26N2O2S. The maximum Gasteiger partial charge on any atom is 0.152 e. The fraction of sp³-hybridized carbons (Fsp3) is 1.00. The fourth-order valence-corrected chi connectivity index (χ4v) is 5.36. The predicted octanol–water partition coefficient (Wildman–Crippen LogP) is 1.03. The zero-order valence-electron chi connectivity index (χ0n) is 11.7. The lowest BCUT2D eigenvalue weighted by Crippen LogP contribution is -2.49. The van der Waals surface area contributed by atoms with Crippen molar-refractivity contribution in [2.75, 3.05) is 37.7 Å². The van der Waals surface area contributed by atoms with Gasteiger partial charge in [-0.2, -0.15) is 0 Å². The van der Waals surface area contributed by atoms with Crippen molar-refractivity contribution in [1.29, 1.82) is 0 Å². The van der Waals surface area contributed by atoms with Crippen LogP contribution in [0.1, 0.15) is 38.5 Å². The molecule has 0 unspecified atom stereocenters. The monoisotopic (exact) mass is 286 g/mol. The lowest BCUT2D eigenvalue weighted by molar-refractivity contribution is 0.0692. The van der Waals surface area contributed by atoms with Gasteiger partial charge in [-0.15, -0.1) is 0 Å². The fourth-order valence-electron chi connectivity index (χ4n) is 4.13. The van der Waals surface area contributed by atoms with Gasteiger partial charge in [0.15, 0.2) is 9.84 Å². The van der Waals surface area contributed by atoms with Crippen LogP contribution in [-0.4, -0.2) is 57.0 Å². The Bertz CT molecular complexity index is 391. The van der Waals surface area contributed by atoms with Gasteiger partial charge in [-0.3, -0.25) is 4.90 Å². The molecule has 3 fully saturated rings. The van der Waals surface area contributed by atoms with Gasteiger partial charge in [0.25, 0.3) is 0 Å². The summed E-state index contributed by atoms with van der Waals surface area (Å²) in [6.45, 7) is 3.91. The van der Waals surface area contributed by atoms with Crippen LogP contribution in [0, 0.1) is 5.41 Å². The minimum atomic E-state index is -2.73. The molecule has 2 aliphatic heterocycles. The van der Waals surface area contributed by atoms with Crippen LogP contribution in [0.3, 0.4) is 0 Å². The third-order valence-electron chi connectivity index (χ3n) is 5.58. The zero-order valence-corrected chi connectivity index (χ0v) is 12.6. The van der Waals surface area contributed by atoms with Gasteiger partial charge in [-0.1, -0.05) is 0 Å². The second-order valence-electron chi connectivity index (χ2n) is 6.67. The minimum Gasteiger partial charge on any atom is -0.317 e. The van der Waals surface area contributed by atoms with Crippen LogP contribution < -0.4 is 5.32 Å². The van der Waals surface area contributed by atoms with E-state index in [2.05, 4.69) is 10.2 Å². The highest BCUT2D eigenvalue weighted by atomic mass is 32.2. The summed E-state index contributed by atoms with van der Waals surface area (Å²) in [4.78, 5) is 2.44. The van der Waals surface area contributed by atoms with Crippen LogP contribution in [0.15, 0.2) is 0 Å². The molecule has 0 aromatic carbocycles. The number of piperidine rings is 1. The summed E-state index contributed by atoms with van der Waals surface area (Å²) in [5, 5.41) is 3.46. The van der Waals surface area contributed by atoms with E-state index in [9.17, 15) is 8.42 Å². The highest BCUT2D eigenvalue weighted by molar-refractivity contribution is 7.91. The van der Waals surface area contributed by atoms with Crippen LogP contribution in [0.5, 0.6) is 0 Å². The van der Waals surface area contributed by atoms with E-state index >= 15 is 0 Å². The molecule has 19 heavy (non-hydrogen) atoms. The van der Waals surface area contributed by atoms with Gasteiger partial charge in [0.1, 0.15) is 0 Å². The molecular weight excluding hydrogens is 260 g/mol. The van der Waals surface area contributed by atoms with Gasteiger partial charge < -0.3 is 5.32 Å². The SMILES string of the molecule is O=S1(=O)CCN(C2CCC3(CCNCC3)CC2)CC1. The average Bonchev–Trinajstić information content (AvgIpc) is 2.41. The summed E-state index contributed by atoms with van der Waals surface area (Å²) in [5.74, 6) is 0.747. The molecule has 1 saturated carbocycles. The third-order valence-corrected chi connectivity index (χ3v) is 7.18. The van der Waals surface area contributed by atoms with Crippen molar-refractivity contribution < 1.29 is 8.42 Å². The van der Waals surface area contributed by atoms with Crippen LogP contribution in [0.25, 0.3) is 0 Å². The Labute approximate surface area is 116 Å². The van der Waals surface area contributed by atoms with E-state index in [1.807, 2.05) is 0 Å². The molecule has 0 atom stereocenters. The van der Waals surface area contributed by atoms with E-state index < -0.39 is 9.84 Å². The number of nitrogens with zero attached hydrogens (tertiary/aromatic N) is 1. The molecule has 1 aliphatic carbocycles. The molecule has 4 nitrogen and oxygen atoms in total. The van der Waals surface area contributed by atoms with Crippen molar-refractivity contribution in [3.05, 3.63) is 0 Å². The van der Waals surface area contributed by atoms with Gasteiger partial charge in [-0.25, -0.2) is 8.42 Å². The van der Waals surface area contributed by atoms with Gasteiger partial charge in [0.2, 0.25) is 0 Å². The topological polar surface area (TPSA) is 49.4 Å². The number of hydrogen-bond donors (Lipinski definition) is 1. The second-order valence-corrected chi connectivity index (χ2v) is 8.97. The normalized spacial score (nSPS) is 32.4. The summed E-state index contributed by atoms with van der Waals surface area (Å²) in [5.41, 5.74) is 0.615. The number of rotatable bonds is 1. The van der Waals surface area contributed by atoms with Crippen LogP contribution in [0.2, 0.25) is 0 Å². The van der Waals surface area contributed by atoms with Crippen molar-refractivity contribution in [1.82, 2.24) is 10.2 Å². The largest absolute Gasteiger partial charge is 0.317 e. The summed E-state index contributed by atoms with van der Waals surface area (Å²) < 4.78 is 23.0. The van der Waals surface area contributed by atoms with Gasteiger partial charge in [0, 0.05) is 19.1 Å². The highest BCUT2D eigenvalue weighted by Gasteiger charge is 2.38. The van der Waals surface area contributed by atoms with E-state index in [0.717, 1.165) is 13.1 Å². The Morgan fingerprint density at radius 3 is 2.11 bits per heavy atom. The molecule has 2 heterocycles. The standard InChI is InChI=1S/C14H26N2O2S/c17-19(18)11-9-16(10-12-19)13-1-3-14(4-2-13)5-7-15-8-6-14/h13,15H,1-12H2. The minimum absolute atomic E-state index is 0.374. The Hall–Kier alpha value is -0.130. The molecule has 3 aliphatic rings. The Balaban J connectivity index is 1.53. The van der Waals surface area contributed by atoms with E-state index in [4.69, 9.17) is 0 Å². The average molecular weight is 286 g/mol. The zero-order chi connectivity index (χ0) is 13.3. The van der Waals surface area contributed by atoms with E-state index in [1.54, 1.807) is 0 Å². The maximum absolute atomic E-state index is 11.5. The summed E-state index contributed by atoms with van der Waals surface area (Å²) >= 11 is 0. The summed E-state index contributed by atoms with van der Waals surface area (Å²) in [6.07, 6.45) is 7.94. The van der Waals surface area contributed by atoms with Crippen molar-refractivity contribution in [2.45, 2.75) is 44.6 Å². The van der Waals surface area contributed by atoms with E-state index in [1.165, 1.54) is 51.6 Å². The molecule has 3 rings (SSSR count). The van der Waals surface area contributed by atoms with E-state index in [0.29, 0.717) is 23.0 Å². The molecule has 110 valence electrons. The smallest absolute Gasteiger partial charge is 0.152 e. The quantitative estimate of drug-likeness (QED) is 0.782. The third kappa shape index (κ3) is 3.14. The Kier molecular flexibility index (Phi) is 3.89. The van der Waals surface area contributed by atoms with Crippen molar-refractivity contribution >= 4 is 9.84 Å². The molecule has 0 amide bonds. The molecule has 5 heteroatoms. The lowest BCUT2D eigenvalue weighted by atomic mass is 9.67. The van der Waals surface area contributed by atoms with Crippen molar-refractivity contribution in [3.8, 4) is 0 Å². The summed E-state index contributed by atoms with van der Waals surface area (Å²) in [7, 11) is -2.73. The Morgan fingerprint density at radius 1 is 0.947 bits per heavy atom. The van der Waals surface area contributed by atoms with Gasteiger partial charge >= 0.3 is 0 Å². The first-order chi connectivity index (χ1) is 9.09. The molecule has 2 saturated heterocycles. The number of nitrogens with one attached hydrogen (secondary N) is 1. The van der Waals surface area contributed by atoms with Gasteiger partial charge in [-0.05, 0) is 57.0 Å². The molecule has 0 aromatic heterocycles. The lowest BCUT2D eigenvalue weighted by Gasteiger charge is -2.46. The first-order valence-corrected chi connectivity index (χ1v) is 9.56. The molecule has 1 N–H and O–H groups in total. The first kappa shape index (κ1) is 13.8. The van der Waals surface area contributed by atoms with Crippen LogP contribution in [-0.2, 0) is 9.84 Å². The van der Waals surface area contributed by atoms with Crippen molar-refractivity contribution in [3.63, 3.8) is 0 Å². The van der Waals surface area contributed by atoms with Crippen molar-refractivity contribution in [2.24, 2.45) is 5.41 Å². The van der Waals surface area contributed by atoms with Crippen LogP contribution in [0.4, 0.5) is 0 Å². The number of sulfone groups is 1. The second kappa shape index (κ2) is 5.34. The summed E-state index contributed by atoms with van der Waals surface area (Å²) in [6, 6.07) is 0.649. The van der Waals surface area contributed by atoms with Gasteiger partial charge in [0.05, 0.1) is 11.5 Å². The maximum atomic E-state index is 11.5. The molecule has 0 radical (unpaired) electrons. The number of hydrogen-bond acceptors (Lipinski definition) is 4.